The lowest BCUT2D eigenvalue weighted by atomic mass is 9.85. The van der Waals surface area contributed by atoms with Gasteiger partial charge < -0.3 is 26.8 Å². The van der Waals surface area contributed by atoms with E-state index in [1.807, 2.05) is 0 Å². The van der Waals surface area contributed by atoms with Crippen LogP contribution in [-0.4, -0.2) is 25.1 Å². The number of anilines is 2. The molecular formula is C15H23ClN4O3. The zero-order valence-corrected chi connectivity index (χ0v) is 13.8. The summed E-state index contributed by atoms with van der Waals surface area (Å²) in [4.78, 5) is 23.2. The monoisotopic (exact) mass is 342 g/mol. The first-order valence-electron chi connectivity index (χ1n) is 7.30. The van der Waals surface area contributed by atoms with Crippen LogP contribution in [0.25, 0.3) is 0 Å². The van der Waals surface area contributed by atoms with Crippen molar-refractivity contribution >= 4 is 35.7 Å². The van der Waals surface area contributed by atoms with Crippen molar-refractivity contribution in [1.82, 2.24) is 0 Å². The van der Waals surface area contributed by atoms with E-state index in [-0.39, 0.29) is 30.3 Å². The summed E-state index contributed by atoms with van der Waals surface area (Å²) >= 11 is 0. The van der Waals surface area contributed by atoms with E-state index in [0.717, 1.165) is 19.3 Å². The summed E-state index contributed by atoms with van der Waals surface area (Å²) in [7, 11) is 1.48. The number of carbonyl (C=O) groups is 2. The molecule has 128 valence electrons. The highest BCUT2D eigenvalue weighted by atomic mass is 35.5. The Kier molecular flexibility index (Phi) is 7.12. The van der Waals surface area contributed by atoms with Crippen molar-refractivity contribution in [2.45, 2.75) is 31.7 Å². The van der Waals surface area contributed by atoms with Crippen LogP contribution >= 0.6 is 12.4 Å². The van der Waals surface area contributed by atoms with E-state index in [2.05, 4.69) is 10.6 Å². The van der Waals surface area contributed by atoms with Gasteiger partial charge in [0.1, 0.15) is 5.75 Å². The van der Waals surface area contributed by atoms with Crippen LogP contribution < -0.4 is 26.8 Å². The summed E-state index contributed by atoms with van der Waals surface area (Å²) in [6, 6.07) is 4.39. The first-order chi connectivity index (χ1) is 10.5. The second kappa shape index (κ2) is 8.59. The molecule has 2 atom stereocenters. The molecule has 0 aromatic heterocycles. The molecule has 1 aliphatic carbocycles. The van der Waals surface area contributed by atoms with Gasteiger partial charge in [-0.2, -0.15) is 0 Å². The highest BCUT2D eigenvalue weighted by Crippen LogP contribution is 2.29. The van der Waals surface area contributed by atoms with E-state index >= 15 is 0 Å². The van der Waals surface area contributed by atoms with Gasteiger partial charge in [-0.15, -0.1) is 12.4 Å². The normalized spacial score (nSPS) is 20.1. The molecule has 3 amide bonds. The summed E-state index contributed by atoms with van der Waals surface area (Å²) in [5.74, 6) is 0.336. The van der Waals surface area contributed by atoms with Crippen molar-refractivity contribution < 1.29 is 14.3 Å². The molecule has 0 radical (unpaired) electrons. The van der Waals surface area contributed by atoms with Gasteiger partial charge in [-0.3, -0.25) is 4.79 Å². The van der Waals surface area contributed by atoms with Gasteiger partial charge in [-0.25, -0.2) is 4.79 Å². The molecule has 6 N–H and O–H groups in total. The Balaban J connectivity index is 0.00000264. The number of hydrogen-bond acceptors (Lipinski definition) is 4. The van der Waals surface area contributed by atoms with E-state index in [9.17, 15) is 9.59 Å². The quantitative estimate of drug-likeness (QED) is 0.669. The zero-order chi connectivity index (χ0) is 16.1. The molecule has 0 heterocycles. The van der Waals surface area contributed by atoms with Crippen LogP contribution in [0, 0.1) is 5.92 Å². The lowest BCUT2D eigenvalue weighted by Gasteiger charge is -2.25. The van der Waals surface area contributed by atoms with Gasteiger partial charge in [0, 0.05) is 23.7 Å². The SMILES string of the molecule is COc1cc(NC(=O)C2CCCC(N)C2)ccc1NC(N)=O.Cl. The number of nitrogens with two attached hydrogens (primary N) is 2. The fourth-order valence-corrected chi connectivity index (χ4v) is 2.72. The second-order valence-electron chi connectivity index (χ2n) is 5.52. The number of ether oxygens (including phenoxy) is 1. The molecule has 0 spiro atoms. The lowest BCUT2D eigenvalue weighted by molar-refractivity contribution is -0.120. The smallest absolute Gasteiger partial charge is 0.316 e. The number of methoxy groups -OCH3 is 1. The van der Waals surface area contributed by atoms with Crippen LogP contribution in [0.5, 0.6) is 5.75 Å². The Bertz CT molecular complexity index is 568. The highest BCUT2D eigenvalue weighted by Gasteiger charge is 2.25. The van der Waals surface area contributed by atoms with E-state index in [1.54, 1.807) is 18.2 Å². The molecule has 0 aliphatic heterocycles. The zero-order valence-electron chi connectivity index (χ0n) is 13.0. The first kappa shape index (κ1) is 19.1. The van der Waals surface area contributed by atoms with Crippen LogP contribution in [0.15, 0.2) is 18.2 Å². The second-order valence-corrected chi connectivity index (χ2v) is 5.52. The van der Waals surface area contributed by atoms with Crippen LogP contribution in [0.4, 0.5) is 16.2 Å². The molecule has 8 heteroatoms. The molecule has 7 nitrogen and oxygen atoms in total. The molecule has 0 saturated heterocycles. The Hall–Kier alpha value is -1.99. The number of primary amides is 1. The Morgan fingerprint density at radius 1 is 1.26 bits per heavy atom. The van der Waals surface area contributed by atoms with Gasteiger partial charge in [-0.05, 0) is 31.4 Å². The van der Waals surface area contributed by atoms with E-state index < -0.39 is 6.03 Å². The van der Waals surface area contributed by atoms with Crippen molar-refractivity contribution in [3.05, 3.63) is 18.2 Å². The molecule has 1 fully saturated rings. The van der Waals surface area contributed by atoms with E-state index in [1.165, 1.54) is 7.11 Å². The van der Waals surface area contributed by atoms with Gasteiger partial charge in [0.2, 0.25) is 5.91 Å². The Labute approximate surface area is 141 Å². The largest absolute Gasteiger partial charge is 0.494 e. The number of amides is 3. The highest BCUT2D eigenvalue weighted by molar-refractivity contribution is 5.94. The number of benzene rings is 1. The predicted octanol–water partition coefficient (Wildman–Crippen LogP) is 2.06. The van der Waals surface area contributed by atoms with Crippen LogP contribution in [0.2, 0.25) is 0 Å². The van der Waals surface area contributed by atoms with Gasteiger partial charge in [0.15, 0.2) is 0 Å². The fourth-order valence-electron chi connectivity index (χ4n) is 2.72. The van der Waals surface area contributed by atoms with Gasteiger partial charge in [0.05, 0.1) is 12.8 Å². The number of carbonyl (C=O) groups excluding carboxylic acids is 2. The average molecular weight is 343 g/mol. The number of nitrogens with one attached hydrogen (secondary N) is 2. The third-order valence-corrected chi connectivity index (χ3v) is 3.81. The molecule has 23 heavy (non-hydrogen) atoms. The average Bonchev–Trinajstić information content (AvgIpc) is 2.48. The minimum absolute atomic E-state index is 0. The molecule has 1 aromatic carbocycles. The Morgan fingerprint density at radius 2 is 2.00 bits per heavy atom. The third kappa shape index (κ3) is 5.30. The van der Waals surface area contributed by atoms with Crippen molar-refractivity contribution in [3.8, 4) is 5.75 Å². The lowest BCUT2D eigenvalue weighted by Crippen LogP contribution is -2.34. The topological polar surface area (TPSA) is 119 Å². The minimum atomic E-state index is -0.675. The molecule has 1 aromatic rings. The molecule has 2 rings (SSSR count). The van der Waals surface area contributed by atoms with Crippen LogP contribution in [0.1, 0.15) is 25.7 Å². The summed E-state index contributed by atoms with van der Waals surface area (Å²) < 4.78 is 5.19. The number of rotatable bonds is 4. The molecular weight excluding hydrogens is 320 g/mol. The van der Waals surface area contributed by atoms with Crippen molar-refractivity contribution in [2.75, 3.05) is 17.7 Å². The fraction of sp³-hybridized carbons (Fsp3) is 0.467. The summed E-state index contributed by atoms with van der Waals surface area (Å²) in [5.41, 5.74) is 12.1. The maximum atomic E-state index is 12.3. The maximum absolute atomic E-state index is 12.3. The maximum Gasteiger partial charge on any atom is 0.316 e. The summed E-state index contributed by atoms with van der Waals surface area (Å²) in [5, 5.41) is 5.33. The van der Waals surface area contributed by atoms with Gasteiger partial charge >= 0.3 is 6.03 Å². The summed E-state index contributed by atoms with van der Waals surface area (Å²) in [6.45, 7) is 0. The minimum Gasteiger partial charge on any atom is -0.494 e. The summed E-state index contributed by atoms with van der Waals surface area (Å²) in [6.07, 6.45) is 3.53. The number of halogens is 1. The third-order valence-electron chi connectivity index (χ3n) is 3.81. The van der Waals surface area contributed by atoms with E-state index in [0.29, 0.717) is 23.5 Å². The number of urea groups is 1. The molecule has 1 aliphatic rings. The standard InChI is InChI=1S/C15H22N4O3.ClH/c1-22-13-8-11(5-6-12(13)19-15(17)21)18-14(20)9-3-2-4-10(16)7-9;/h5-6,8-10H,2-4,7,16H2,1H3,(H,18,20)(H3,17,19,21);1H. The Morgan fingerprint density at radius 3 is 2.61 bits per heavy atom. The van der Waals surface area contributed by atoms with Crippen molar-refractivity contribution in [2.24, 2.45) is 17.4 Å². The van der Waals surface area contributed by atoms with Gasteiger partial charge in [0.25, 0.3) is 0 Å². The molecule has 2 unspecified atom stereocenters. The van der Waals surface area contributed by atoms with E-state index in [4.69, 9.17) is 16.2 Å². The molecule has 1 saturated carbocycles. The molecule has 0 bridgehead atoms. The predicted molar refractivity (Wildman–Crippen MR) is 92.0 cm³/mol. The van der Waals surface area contributed by atoms with Gasteiger partial charge in [-0.1, -0.05) is 6.42 Å². The van der Waals surface area contributed by atoms with Crippen LogP contribution in [0.3, 0.4) is 0 Å². The van der Waals surface area contributed by atoms with Crippen LogP contribution in [-0.2, 0) is 4.79 Å². The van der Waals surface area contributed by atoms with Crippen molar-refractivity contribution in [3.63, 3.8) is 0 Å². The first-order valence-corrected chi connectivity index (χ1v) is 7.30. The number of hydrogen-bond donors (Lipinski definition) is 4. The van der Waals surface area contributed by atoms with Crippen molar-refractivity contribution in [1.29, 1.82) is 0 Å².